The SMILES string of the molecule is Cc1ccc(Oc2ccc(-n3c(N)c4c(cc3=O)C(=O)NC4=O)cc2Cl)cc1C. The van der Waals surface area contributed by atoms with Gasteiger partial charge in [0.25, 0.3) is 17.4 Å². The van der Waals surface area contributed by atoms with Gasteiger partial charge in [-0.2, -0.15) is 0 Å². The van der Waals surface area contributed by atoms with Crippen molar-refractivity contribution < 1.29 is 14.3 Å². The standard InChI is InChI=1S/C21H16ClN3O4/c1-10-3-5-13(7-11(10)2)29-16-6-4-12(8-15(16)22)25-17(26)9-14-18(19(25)23)21(28)24-20(14)27/h3-9H,23H2,1-2H3,(H,24,27,28). The third kappa shape index (κ3) is 3.15. The predicted octanol–water partition coefficient (Wildman–Crippen LogP) is 3.37. The number of nitrogen functional groups attached to an aromatic ring is 1. The van der Waals surface area contributed by atoms with Gasteiger partial charge in [-0.3, -0.25) is 24.3 Å². The molecule has 8 heteroatoms. The number of nitrogens with two attached hydrogens (primary N) is 1. The molecule has 0 spiro atoms. The van der Waals surface area contributed by atoms with E-state index in [0.717, 1.165) is 21.8 Å². The first-order chi connectivity index (χ1) is 13.8. The lowest BCUT2D eigenvalue weighted by Gasteiger charge is -2.14. The van der Waals surface area contributed by atoms with Gasteiger partial charge < -0.3 is 10.5 Å². The zero-order valence-corrected chi connectivity index (χ0v) is 16.3. The van der Waals surface area contributed by atoms with Gasteiger partial charge in [0.2, 0.25) is 0 Å². The molecule has 1 aliphatic rings. The topological polar surface area (TPSA) is 103 Å². The van der Waals surface area contributed by atoms with Crippen LogP contribution in [-0.2, 0) is 0 Å². The number of hydrogen-bond acceptors (Lipinski definition) is 5. The molecule has 146 valence electrons. The van der Waals surface area contributed by atoms with Crippen LogP contribution in [0.2, 0.25) is 5.02 Å². The molecule has 0 unspecified atom stereocenters. The number of carbonyl (C=O) groups is 2. The van der Waals surface area contributed by atoms with Crippen LogP contribution >= 0.6 is 11.6 Å². The minimum atomic E-state index is -0.642. The maximum Gasteiger partial charge on any atom is 0.262 e. The van der Waals surface area contributed by atoms with E-state index in [2.05, 4.69) is 5.32 Å². The first-order valence-electron chi connectivity index (χ1n) is 8.72. The van der Waals surface area contributed by atoms with Gasteiger partial charge >= 0.3 is 0 Å². The molecule has 2 amide bonds. The van der Waals surface area contributed by atoms with Gasteiger partial charge in [0.15, 0.2) is 0 Å². The van der Waals surface area contributed by atoms with Crippen LogP contribution in [0.15, 0.2) is 47.3 Å². The van der Waals surface area contributed by atoms with Gasteiger partial charge in [0, 0.05) is 6.07 Å². The van der Waals surface area contributed by atoms with Crippen molar-refractivity contribution in [2.24, 2.45) is 0 Å². The number of ether oxygens (including phenoxy) is 1. The summed E-state index contributed by atoms with van der Waals surface area (Å²) in [5.41, 5.74) is 8.00. The van der Waals surface area contributed by atoms with E-state index in [1.54, 1.807) is 12.1 Å². The summed E-state index contributed by atoms with van der Waals surface area (Å²) in [6.45, 7) is 3.99. The third-order valence-electron chi connectivity index (χ3n) is 4.83. The number of imide groups is 1. The second-order valence-electron chi connectivity index (χ2n) is 6.74. The number of halogens is 1. The monoisotopic (exact) mass is 409 g/mol. The molecule has 0 radical (unpaired) electrons. The number of hydrogen-bond donors (Lipinski definition) is 2. The minimum Gasteiger partial charge on any atom is -0.456 e. The molecule has 1 aromatic heterocycles. The molecular weight excluding hydrogens is 394 g/mol. The first-order valence-corrected chi connectivity index (χ1v) is 9.10. The van der Waals surface area contributed by atoms with Gasteiger partial charge in [-0.1, -0.05) is 17.7 Å². The molecule has 2 aromatic carbocycles. The van der Waals surface area contributed by atoms with E-state index in [4.69, 9.17) is 22.1 Å². The van der Waals surface area contributed by atoms with Gasteiger partial charge in [0.1, 0.15) is 17.3 Å². The van der Waals surface area contributed by atoms with Gasteiger partial charge in [-0.15, -0.1) is 0 Å². The van der Waals surface area contributed by atoms with Crippen LogP contribution in [0.25, 0.3) is 5.69 Å². The Kier molecular flexibility index (Phi) is 4.39. The van der Waals surface area contributed by atoms with Crippen molar-refractivity contribution in [2.45, 2.75) is 13.8 Å². The largest absolute Gasteiger partial charge is 0.456 e. The third-order valence-corrected chi connectivity index (χ3v) is 5.13. The average molecular weight is 410 g/mol. The fraction of sp³-hybridized carbons (Fsp3) is 0.0952. The van der Waals surface area contributed by atoms with Crippen molar-refractivity contribution in [2.75, 3.05) is 5.73 Å². The zero-order valence-electron chi connectivity index (χ0n) is 15.6. The molecule has 2 heterocycles. The fourth-order valence-electron chi connectivity index (χ4n) is 3.16. The van der Waals surface area contributed by atoms with Crippen LogP contribution in [0.5, 0.6) is 11.5 Å². The Balaban J connectivity index is 1.75. The summed E-state index contributed by atoms with van der Waals surface area (Å²) in [6, 6.07) is 11.5. The highest BCUT2D eigenvalue weighted by atomic mass is 35.5. The molecule has 0 saturated heterocycles. The molecule has 0 atom stereocenters. The van der Waals surface area contributed by atoms with E-state index in [-0.39, 0.29) is 22.0 Å². The molecule has 0 saturated carbocycles. The molecule has 29 heavy (non-hydrogen) atoms. The summed E-state index contributed by atoms with van der Waals surface area (Å²) < 4.78 is 6.97. The number of anilines is 1. The number of pyridine rings is 1. The Bertz CT molecular complexity index is 1260. The second-order valence-corrected chi connectivity index (χ2v) is 7.15. The lowest BCUT2D eigenvalue weighted by atomic mass is 10.1. The van der Waals surface area contributed by atoms with Crippen LogP contribution in [-0.4, -0.2) is 16.4 Å². The van der Waals surface area contributed by atoms with E-state index >= 15 is 0 Å². The van der Waals surface area contributed by atoms with E-state index in [1.807, 2.05) is 32.0 Å². The molecule has 7 nitrogen and oxygen atoms in total. The van der Waals surface area contributed by atoms with Gasteiger partial charge in [-0.25, -0.2) is 0 Å². The highest BCUT2D eigenvalue weighted by molar-refractivity contribution is 6.32. The number of aryl methyl sites for hydroxylation is 2. The highest BCUT2D eigenvalue weighted by Crippen LogP contribution is 2.33. The number of nitrogens with one attached hydrogen (secondary N) is 1. The van der Waals surface area contributed by atoms with Crippen molar-refractivity contribution in [3.05, 3.63) is 80.1 Å². The van der Waals surface area contributed by atoms with Crippen molar-refractivity contribution in [3.8, 4) is 17.2 Å². The quantitative estimate of drug-likeness (QED) is 0.645. The van der Waals surface area contributed by atoms with Crippen LogP contribution in [0.3, 0.4) is 0 Å². The summed E-state index contributed by atoms with van der Waals surface area (Å²) in [5.74, 6) is -0.380. The fourth-order valence-corrected chi connectivity index (χ4v) is 3.38. The number of nitrogens with zero attached hydrogens (tertiary/aromatic N) is 1. The second kappa shape index (κ2) is 6.79. The van der Waals surface area contributed by atoms with Crippen LogP contribution < -0.4 is 21.3 Å². The van der Waals surface area contributed by atoms with E-state index in [1.165, 1.54) is 6.07 Å². The average Bonchev–Trinajstić information content (AvgIpc) is 2.94. The van der Waals surface area contributed by atoms with Crippen molar-refractivity contribution in [3.63, 3.8) is 0 Å². The normalized spacial score (nSPS) is 12.7. The van der Waals surface area contributed by atoms with Crippen molar-refractivity contribution >= 4 is 29.2 Å². The molecular formula is C21H16ClN3O4. The number of rotatable bonds is 3. The van der Waals surface area contributed by atoms with Crippen molar-refractivity contribution in [1.82, 2.24) is 9.88 Å². The number of amides is 2. The summed E-state index contributed by atoms with van der Waals surface area (Å²) in [7, 11) is 0. The van der Waals surface area contributed by atoms with Gasteiger partial charge in [-0.05, 0) is 55.3 Å². The van der Waals surface area contributed by atoms with E-state index in [0.29, 0.717) is 17.2 Å². The number of fused-ring (bicyclic) bond motifs is 1. The smallest absolute Gasteiger partial charge is 0.262 e. The Hall–Kier alpha value is -3.58. The summed E-state index contributed by atoms with van der Waals surface area (Å²) in [6.07, 6.45) is 0. The molecule has 0 aliphatic carbocycles. The molecule has 3 N–H and O–H groups in total. The number of benzene rings is 2. The summed E-state index contributed by atoms with van der Waals surface area (Å²) in [4.78, 5) is 36.3. The van der Waals surface area contributed by atoms with E-state index < -0.39 is 17.4 Å². The lowest BCUT2D eigenvalue weighted by molar-refractivity contribution is 0.0880. The van der Waals surface area contributed by atoms with Gasteiger partial charge in [0.05, 0.1) is 21.8 Å². The summed E-state index contributed by atoms with van der Waals surface area (Å²) in [5, 5.41) is 2.39. The summed E-state index contributed by atoms with van der Waals surface area (Å²) >= 11 is 6.36. The first kappa shape index (κ1) is 18.8. The Morgan fingerprint density at radius 1 is 0.966 bits per heavy atom. The van der Waals surface area contributed by atoms with Crippen LogP contribution in [0.1, 0.15) is 31.8 Å². The zero-order chi connectivity index (χ0) is 20.9. The Morgan fingerprint density at radius 3 is 2.41 bits per heavy atom. The maximum atomic E-state index is 12.5. The van der Waals surface area contributed by atoms with E-state index in [9.17, 15) is 14.4 Å². The Morgan fingerprint density at radius 2 is 1.72 bits per heavy atom. The van der Waals surface area contributed by atoms with Crippen LogP contribution in [0, 0.1) is 13.8 Å². The highest BCUT2D eigenvalue weighted by Gasteiger charge is 2.31. The lowest BCUT2D eigenvalue weighted by Crippen LogP contribution is -2.24. The Labute approximate surface area is 170 Å². The maximum absolute atomic E-state index is 12.5. The minimum absolute atomic E-state index is 0.0267. The van der Waals surface area contributed by atoms with Crippen molar-refractivity contribution in [1.29, 1.82) is 0 Å². The predicted molar refractivity (Wildman–Crippen MR) is 109 cm³/mol. The number of aromatic nitrogens is 1. The molecule has 1 aliphatic heterocycles. The number of carbonyl (C=O) groups excluding carboxylic acids is 2. The molecule has 0 bridgehead atoms. The molecule has 4 rings (SSSR count). The van der Waals surface area contributed by atoms with Crippen LogP contribution in [0.4, 0.5) is 5.82 Å². The molecule has 3 aromatic rings. The molecule has 0 fully saturated rings.